The number of benzene rings is 1. The number of aliphatic hydroxyl groups excluding tert-OH is 1. The van der Waals surface area contributed by atoms with Crippen molar-refractivity contribution in [3.63, 3.8) is 0 Å². The minimum atomic E-state index is -0.562. The molecule has 0 spiro atoms. The van der Waals surface area contributed by atoms with Gasteiger partial charge in [-0.05, 0) is 32.8 Å². The van der Waals surface area contributed by atoms with Crippen molar-refractivity contribution in [3.05, 3.63) is 35.9 Å². The minimum Gasteiger partial charge on any atom is -0.449 e. The Morgan fingerprint density at radius 1 is 1.19 bits per heavy atom. The summed E-state index contributed by atoms with van der Waals surface area (Å²) in [5.41, 5.74) is 0.440. The first-order chi connectivity index (χ1) is 12.8. The van der Waals surface area contributed by atoms with Crippen LogP contribution in [0.1, 0.15) is 46.1 Å². The molecule has 1 aromatic rings. The molecule has 1 atom stereocenters. The summed E-state index contributed by atoms with van der Waals surface area (Å²) in [5.74, 6) is 0. The third-order valence-electron chi connectivity index (χ3n) is 3.98. The van der Waals surface area contributed by atoms with Crippen molar-refractivity contribution >= 4 is 12.2 Å². The molecule has 1 rings (SSSR count). The van der Waals surface area contributed by atoms with Gasteiger partial charge in [0.05, 0.1) is 12.6 Å². The predicted octanol–water partition coefficient (Wildman–Crippen LogP) is 3.31. The molecule has 1 aromatic carbocycles. The van der Waals surface area contributed by atoms with Crippen molar-refractivity contribution < 1.29 is 24.2 Å². The van der Waals surface area contributed by atoms with Gasteiger partial charge in [0.25, 0.3) is 0 Å². The number of hydrogen-bond acceptors (Lipinski definition) is 5. The molecule has 0 saturated heterocycles. The Morgan fingerprint density at radius 2 is 1.85 bits per heavy atom. The average molecular weight is 380 g/mol. The van der Waals surface area contributed by atoms with Gasteiger partial charge in [-0.15, -0.1) is 0 Å². The fourth-order valence-electron chi connectivity index (χ4n) is 2.66. The highest BCUT2D eigenvalue weighted by Crippen LogP contribution is 2.21. The van der Waals surface area contributed by atoms with Gasteiger partial charge in [-0.2, -0.15) is 0 Å². The molecule has 152 valence electrons. The lowest BCUT2D eigenvalue weighted by Crippen LogP contribution is -2.55. The zero-order chi connectivity index (χ0) is 20.3. The quantitative estimate of drug-likeness (QED) is 0.642. The number of carbonyl (C=O) groups excluding carboxylic acids is 2. The lowest BCUT2D eigenvalue weighted by molar-refractivity contribution is 0.0377. The molecule has 0 aliphatic rings. The molecule has 7 heteroatoms. The third-order valence-corrected chi connectivity index (χ3v) is 3.98. The van der Waals surface area contributed by atoms with Crippen LogP contribution in [0.25, 0.3) is 0 Å². The molecule has 0 heterocycles. The Hall–Kier alpha value is -2.28. The maximum absolute atomic E-state index is 12.8. The van der Waals surface area contributed by atoms with E-state index in [0.717, 1.165) is 5.56 Å². The van der Waals surface area contributed by atoms with E-state index in [0.29, 0.717) is 12.8 Å². The zero-order valence-electron chi connectivity index (χ0n) is 16.7. The molecule has 0 fully saturated rings. The van der Waals surface area contributed by atoms with Crippen molar-refractivity contribution in [1.82, 2.24) is 10.2 Å². The van der Waals surface area contributed by atoms with Gasteiger partial charge in [-0.1, -0.05) is 37.3 Å². The normalized spacial score (nSPS) is 12.2. The first kappa shape index (κ1) is 22.8. The van der Waals surface area contributed by atoms with E-state index in [4.69, 9.17) is 14.6 Å². The van der Waals surface area contributed by atoms with E-state index in [-0.39, 0.29) is 32.4 Å². The van der Waals surface area contributed by atoms with E-state index in [9.17, 15) is 9.59 Å². The van der Waals surface area contributed by atoms with Crippen LogP contribution in [0.3, 0.4) is 0 Å². The number of carbonyl (C=O) groups is 2. The van der Waals surface area contributed by atoms with Crippen LogP contribution in [0.4, 0.5) is 9.59 Å². The summed E-state index contributed by atoms with van der Waals surface area (Å²) in [6, 6.07) is 9.26. The van der Waals surface area contributed by atoms with Gasteiger partial charge in [-0.25, -0.2) is 9.59 Å². The van der Waals surface area contributed by atoms with E-state index >= 15 is 0 Å². The Labute approximate surface area is 161 Å². The highest BCUT2D eigenvalue weighted by molar-refractivity contribution is 5.70. The first-order valence-corrected chi connectivity index (χ1v) is 9.31. The fourth-order valence-corrected chi connectivity index (χ4v) is 2.66. The average Bonchev–Trinajstić information content (AvgIpc) is 2.63. The summed E-state index contributed by atoms with van der Waals surface area (Å²) in [4.78, 5) is 26.1. The Morgan fingerprint density at radius 3 is 2.41 bits per heavy atom. The lowest BCUT2D eigenvalue weighted by atomic mass is 10.0. The summed E-state index contributed by atoms with van der Waals surface area (Å²) in [5, 5.41) is 11.4. The molecule has 0 aliphatic carbocycles. The van der Waals surface area contributed by atoms with Crippen LogP contribution in [0.15, 0.2) is 30.3 Å². The smallest absolute Gasteiger partial charge is 0.410 e. The molecule has 0 aromatic heterocycles. The number of aliphatic hydroxyl groups is 1. The van der Waals surface area contributed by atoms with Gasteiger partial charge in [0.1, 0.15) is 6.61 Å². The maximum atomic E-state index is 12.8. The van der Waals surface area contributed by atoms with E-state index in [1.54, 1.807) is 4.90 Å². The molecule has 7 nitrogen and oxygen atoms in total. The number of nitrogens with one attached hydrogen (secondary N) is 1. The highest BCUT2D eigenvalue weighted by Gasteiger charge is 2.34. The van der Waals surface area contributed by atoms with Gasteiger partial charge in [0, 0.05) is 25.1 Å². The summed E-state index contributed by atoms with van der Waals surface area (Å²) in [6.45, 7) is 8.31. The molecule has 2 N–H and O–H groups in total. The van der Waals surface area contributed by atoms with Crippen molar-refractivity contribution in [2.45, 2.75) is 58.7 Å². The van der Waals surface area contributed by atoms with Crippen LogP contribution in [0.2, 0.25) is 0 Å². The summed E-state index contributed by atoms with van der Waals surface area (Å²) in [7, 11) is 0. The Balaban J connectivity index is 2.68. The molecule has 1 unspecified atom stereocenters. The van der Waals surface area contributed by atoms with Crippen LogP contribution in [0, 0.1) is 0 Å². The Kier molecular flexibility index (Phi) is 9.64. The van der Waals surface area contributed by atoms with Gasteiger partial charge in [0.2, 0.25) is 0 Å². The van der Waals surface area contributed by atoms with Crippen LogP contribution >= 0.6 is 0 Å². The van der Waals surface area contributed by atoms with Crippen molar-refractivity contribution in [2.75, 3.05) is 19.8 Å². The number of nitrogens with zero attached hydrogens (tertiary/aromatic N) is 1. The molecular formula is C20H32N2O5. The highest BCUT2D eigenvalue weighted by atomic mass is 16.6. The molecule has 2 amide bonds. The van der Waals surface area contributed by atoms with Gasteiger partial charge >= 0.3 is 12.2 Å². The summed E-state index contributed by atoms with van der Waals surface area (Å²) < 4.78 is 10.5. The minimum absolute atomic E-state index is 0.0318. The SMILES string of the molecule is CCC(CNC(=O)OCCCO)N(C(=O)OCc1ccccc1)C(C)(C)C. The molecule has 0 radical (unpaired) electrons. The predicted molar refractivity (Wildman–Crippen MR) is 103 cm³/mol. The third kappa shape index (κ3) is 8.30. The number of rotatable bonds is 9. The van der Waals surface area contributed by atoms with Crippen molar-refractivity contribution in [3.8, 4) is 0 Å². The topological polar surface area (TPSA) is 88.1 Å². The number of alkyl carbamates (subject to hydrolysis) is 1. The summed E-state index contributed by atoms with van der Waals surface area (Å²) >= 11 is 0. The lowest BCUT2D eigenvalue weighted by Gasteiger charge is -2.40. The number of hydrogen-bond donors (Lipinski definition) is 2. The van der Waals surface area contributed by atoms with Crippen LogP contribution in [-0.4, -0.2) is 53.5 Å². The molecule has 0 bridgehead atoms. The maximum Gasteiger partial charge on any atom is 0.410 e. The van der Waals surface area contributed by atoms with Gasteiger partial charge in [0.15, 0.2) is 0 Å². The second kappa shape index (κ2) is 11.4. The molecule has 27 heavy (non-hydrogen) atoms. The standard InChI is InChI=1S/C20H32N2O5/c1-5-17(14-21-18(24)26-13-9-12-23)22(20(2,3)4)19(25)27-15-16-10-7-6-8-11-16/h6-8,10-11,17,23H,5,9,12-15H2,1-4H3,(H,21,24). The molecular weight excluding hydrogens is 348 g/mol. The largest absolute Gasteiger partial charge is 0.449 e. The van der Waals surface area contributed by atoms with Crippen molar-refractivity contribution in [2.24, 2.45) is 0 Å². The fraction of sp³-hybridized carbons (Fsp3) is 0.600. The van der Waals surface area contributed by atoms with Gasteiger partial charge < -0.3 is 19.9 Å². The van der Waals surface area contributed by atoms with E-state index in [1.165, 1.54) is 0 Å². The second-order valence-electron chi connectivity index (χ2n) is 7.24. The summed E-state index contributed by atoms with van der Waals surface area (Å²) in [6.07, 6.45) is 0.0567. The van der Waals surface area contributed by atoms with Gasteiger partial charge in [-0.3, -0.25) is 4.90 Å². The van der Waals surface area contributed by atoms with E-state index < -0.39 is 17.7 Å². The van der Waals surface area contributed by atoms with E-state index in [1.807, 2.05) is 58.0 Å². The molecule has 0 saturated carbocycles. The zero-order valence-corrected chi connectivity index (χ0v) is 16.7. The number of amides is 2. The van der Waals surface area contributed by atoms with Crippen LogP contribution in [0.5, 0.6) is 0 Å². The first-order valence-electron chi connectivity index (χ1n) is 9.31. The van der Waals surface area contributed by atoms with E-state index in [2.05, 4.69) is 5.32 Å². The Bertz CT molecular complexity index is 571. The van der Waals surface area contributed by atoms with Crippen LogP contribution in [-0.2, 0) is 16.1 Å². The molecule has 0 aliphatic heterocycles. The monoisotopic (exact) mass is 380 g/mol. The van der Waals surface area contributed by atoms with Crippen molar-refractivity contribution in [1.29, 1.82) is 0 Å². The van der Waals surface area contributed by atoms with Crippen LogP contribution < -0.4 is 5.32 Å². The number of ether oxygens (including phenoxy) is 2. The second-order valence-corrected chi connectivity index (χ2v) is 7.24.